The number of piperazine rings is 1. The Balaban J connectivity index is 1.95. The first-order valence-electron chi connectivity index (χ1n) is 6.99. The molecule has 1 fully saturated rings. The molecule has 0 unspecified atom stereocenters. The van der Waals surface area contributed by atoms with Gasteiger partial charge in [-0.2, -0.15) is 0 Å². The third-order valence-electron chi connectivity index (χ3n) is 3.46. The zero-order valence-electron chi connectivity index (χ0n) is 12.3. The van der Waals surface area contributed by atoms with Crippen LogP contribution in [0.2, 0.25) is 0 Å². The molecule has 1 saturated heterocycles. The molecule has 21 heavy (non-hydrogen) atoms. The fourth-order valence-electron chi connectivity index (χ4n) is 2.48. The van der Waals surface area contributed by atoms with Crippen LogP contribution in [-0.2, 0) is 0 Å². The largest absolute Gasteiger partial charge is 0.507 e. The fourth-order valence-corrected chi connectivity index (χ4v) is 2.73. The van der Waals surface area contributed by atoms with Gasteiger partial charge in [-0.3, -0.25) is 9.69 Å². The first-order chi connectivity index (χ1) is 9.76. The second-order valence-electron chi connectivity index (χ2n) is 6.05. The van der Waals surface area contributed by atoms with Crippen molar-refractivity contribution in [1.82, 2.24) is 9.80 Å². The maximum atomic E-state index is 12.4. The third-order valence-corrected chi connectivity index (χ3v) is 4.13. The molecule has 1 aliphatic rings. The van der Waals surface area contributed by atoms with Crippen molar-refractivity contribution in [2.24, 2.45) is 0 Å². The van der Waals surface area contributed by atoms with E-state index in [0.29, 0.717) is 29.7 Å². The highest BCUT2D eigenvalue weighted by Gasteiger charge is 2.25. The number of carbonyl (C=O) groups excluding carboxylic acids is 1. The molecule has 6 heteroatoms. The van der Waals surface area contributed by atoms with Crippen LogP contribution in [0.15, 0.2) is 22.7 Å². The number of aliphatic hydroxyl groups is 1. The maximum Gasteiger partial charge on any atom is 0.254 e. The summed E-state index contributed by atoms with van der Waals surface area (Å²) in [6, 6.07) is 4.86. The van der Waals surface area contributed by atoms with Crippen LogP contribution in [0.25, 0.3) is 0 Å². The molecular weight excluding hydrogens is 336 g/mol. The van der Waals surface area contributed by atoms with Crippen molar-refractivity contribution < 1.29 is 15.0 Å². The highest BCUT2D eigenvalue weighted by atomic mass is 79.9. The van der Waals surface area contributed by atoms with Gasteiger partial charge in [0.05, 0.1) is 10.1 Å². The Morgan fingerprint density at radius 1 is 1.29 bits per heavy atom. The van der Waals surface area contributed by atoms with Gasteiger partial charge in [0.2, 0.25) is 0 Å². The summed E-state index contributed by atoms with van der Waals surface area (Å²) in [6.07, 6.45) is 0. The first-order valence-corrected chi connectivity index (χ1v) is 7.78. The van der Waals surface area contributed by atoms with Crippen molar-refractivity contribution in [3.8, 4) is 5.75 Å². The number of β-amino-alcohol motifs (C(OH)–C–C–N with tert-alkyl or cyclic N) is 1. The molecule has 1 amide bonds. The van der Waals surface area contributed by atoms with Crippen molar-refractivity contribution in [3.63, 3.8) is 0 Å². The summed E-state index contributed by atoms with van der Waals surface area (Å²) in [5.74, 6) is 0.00206. The number of rotatable bonds is 3. The average Bonchev–Trinajstić information content (AvgIpc) is 2.40. The third kappa shape index (κ3) is 4.43. The Hall–Kier alpha value is -1.11. The van der Waals surface area contributed by atoms with Crippen LogP contribution in [0.1, 0.15) is 24.2 Å². The van der Waals surface area contributed by atoms with E-state index in [1.807, 2.05) is 0 Å². The number of hydrogen-bond acceptors (Lipinski definition) is 4. The lowest BCUT2D eigenvalue weighted by molar-refractivity contribution is 0.0178. The van der Waals surface area contributed by atoms with E-state index >= 15 is 0 Å². The van der Waals surface area contributed by atoms with Crippen molar-refractivity contribution in [2.75, 3.05) is 32.7 Å². The summed E-state index contributed by atoms with van der Waals surface area (Å²) in [6.45, 7) is 6.94. The molecular formula is C15H21BrN2O3. The minimum Gasteiger partial charge on any atom is -0.507 e. The highest BCUT2D eigenvalue weighted by molar-refractivity contribution is 9.10. The number of carbonyl (C=O) groups is 1. The normalized spacial score (nSPS) is 17.0. The second kappa shape index (κ2) is 6.34. The Morgan fingerprint density at radius 3 is 2.43 bits per heavy atom. The van der Waals surface area contributed by atoms with Gasteiger partial charge in [-0.1, -0.05) is 0 Å². The number of hydrogen-bond donors (Lipinski definition) is 2. The second-order valence-corrected chi connectivity index (χ2v) is 6.90. The average molecular weight is 357 g/mol. The molecule has 0 bridgehead atoms. The van der Waals surface area contributed by atoms with Crippen LogP contribution in [0.5, 0.6) is 5.75 Å². The molecule has 1 aliphatic heterocycles. The minimum atomic E-state index is -0.719. The molecule has 2 N–H and O–H groups in total. The number of halogens is 1. The van der Waals surface area contributed by atoms with Crippen LogP contribution in [0, 0.1) is 0 Å². The van der Waals surface area contributed by atoms with E-state index in [-0.39, 0.29) is 11.7 Å². The zero-order valence-corrected chi connectivity index (χ0v) is 13.9. The fraction of sp³-hybridized carbons (Fsp3) is 0.533. The van der Waals surface area contributed by atoms with Crippen LogP contribution in [0.4, 0.5) is 0 Å². The van der Waals surface area contributed by atoms with Gasteiger partial charge in [0, 0.05) is 38.3 Å². The van der Waals surface area contributed by atoms with Gasteiger partial charge in [-0.25, -0.2) is 0 Å². The summed E-state index contributed by atoms with van der Waals surface area (Å²) in [5, 5.41) is 19.5. The molecule has 1 aromatic carbocycles. The zero-order chi connectivity index (χ0) is 15.6. The number of amides is 1. The van der Waals surface area contributed by atoms with Gasteiger partial charge >= 0.3 is 0 Å². The number of benzene rings is 1. The van der Waals surface area contributed by atoms with Crippen LogP contribution >= 0.6 is 15.9 Å². The number of nitrogens with zero attached hydrogens (tertiary/aromatic N) is 2. The number of phenolic OH excluding ortho intramolecular Hbond substituents is 1. The Morgan fingerprint density at radius 2 is 1.90 bits per heavy atom. The SMILES string of the molecule is CC(C)(O)CN1CCN(C(=O)c2ccc(Br)c(O)c2)CC1. The van der Waals surface area contributed by atoms with E-state index in [0.717, 1.165) is 13.1 Å². The highest BCUT2D eigenvalue weighted by Crippen LogP contribution is 2.25. The monoisotopic (exact) mass is 356 g/mol. The lowest BCUT2D eigenvalue weighted by Gasteiger charge is -2.37. The molecule has 0 saturated carbocycles. The van der Waals surface area contributed by atoms with Crippen LogP contribution < -0.4 is 0 Å². The molecule has 116 valence electrons. The molecule has 0 atom stereocenters. The Bertz CT molecular complexity index is 520. The van der Waals surface area contributed by atoms with Gasteiger partial charge in [0.25, 0.3) is 5.91 Å². The molecule has 0 aromatic heterocycles. The Kier molecular flexibility index (Phi) is 4.91. The van der Waals surface area contributed by atoms with Gasteiger partial charge in [-0.05, 0) is 48.0 Å². The summed E-state index contributed by atoms with van der Waals surface area (Å²) >= 11 is 3.20. The first kappa shape index (κ1) is 16.3. The van der Waals surface area contributed by atoms with E-state index in [1.54, 1.807) is 30.9 Å². The molecule has 2 rings (SSSR count). The van der Waals surface area contributed by atoms with Crippen molar-refractivity contribution >= 4 is 21.8 Å². The lowest BCUT2D eigenvalue weighted by Crippen LogP contribution is -2.51. The van der Waals surface area contributed by atoms with Crippen molar-refractivity contribution in [2.45, 2.75) is 19.4 Å². The van der Waals surface area contributed by atoms with Gasteiger partial charge in [-0.15, -0.1) is 0 Å². The van der Waals surface area contributed by atoms with Crippen LogP contribution in [-0.4, -0.2) is 64.2 Å². The summed E-state index contributed by atoms with van der Waals surface area (Å²) in [7, 11) is 0. The molecule has 1 aromatic rings. The predicted molar refractivity (Wildman–Crippen MR) is 84.4 cm³/mol. The van der Waals surface area contributed by atoms with Gasteiger partial charge < -0.3 is 15.1 Å². The quantitative estimate of drug-likeness (QED) is 0.864. The van der Waals surface area contributed by atoms with Crippen molar-refractivity contribution in [3.05, 3.63) is 28.2 Å². The lowest BCUT2D eigenvalue weighted by atomic mass is 10.1. The van der Waals surface area contributed by atoms with E-state index in [4.69, 9.17) is 0 Å². The van der Waals surface area contributed by atoms with Crippen LogP contribution in [0.3, 0.4) is 0 Å². The smallest absolute Gasteiger partial charge is 0.254 e. The maximum absolute atomic E-state index is 12.4. The van der Waals surface area contributed by atoms with E-state index in [9.17, 15) is 15.0 Å². The number of aromatic hydroxyl groups is 1. The molecule has 0 spiro atoms. The summed E-state index contributed by atoms with van der Waals surface area (Å²) < 4.78 is 0.578. The molecule has 0 aliphatic carbocycles. The molecule has 5 nitrogen and oxygen atoms in total. The summed E-state index contributed by atoms with van der Waals surface area (Å²) in [5.41, 5.74) is -0.226. The summed E-state index contributed by atoms with van der Waals surface area (Å²) in [4.78, 5) is 16.3. The minimum absolute atomic E-state index is 0.0688. The standard InChI is InChI=1S/C15H21BrN2O3/c1-15(2,21)10-17-5-7-18(8-6-17)14(20)11-3-4-12(16)13(19)9-11/h3-4,9,19,21H,5-8,10H2,1-2H3. The topological polar surface area (TPSA) is 64.0 Å². The predicted octanol–water partition coefficient (Wildman–Crippen LogP) is 1.68. The molecule has 0 radical (unpaired) electrons. The van der Waals surface area contributed by atoms with E-state index in [1.165, 1.54) is 6.07 Å². The van der Waals surface area contributed by atoms with Crippen molar-refractivity contribution in [1.29, 1.82) is 0 Å². The molecule has 1 heterocycles. The van der Waals surface area contributed by atoms with E-state index in [2.05, 4.69) is 20.8 Å². The Labute approximate surface area is 133 Å². The number of phenols is 1. The van der Waals surface area contributed by atoms with Gasteiger partial charge in [0.15, 0.2) is 0 Å². The van der Waals surface area contributed by atoms with Gasteiger partial charge in [0.1, 0.15) is 5.75 Å². The van der Waals surface area contributed by atoms with E-state index < -0.39 is 5.60 Å².